The molecule has 3 N–H and O–H groups in total. The Hall–Kier alpha value is -2.23. The number of hydrogen-bond donors (Lipinski definition) is 2. The van der Waals surface area contributed by atoms with Gasteiger partial charge >= 0.3 is 0 Å². The van der Waals surface area contributed by atoms with Crippen LogP contribution >= 0.6 is 0 Å². The standard InChI is InChI=1S/C12H12N2O2/c1-14-9-4-2-8(3-5-9)10-6-7-11(16-10)12(13)15/h2-7,14H,1H3,(H2,13,15). The minimum Gasteiger partial charge on any atom is -0.451 e. The van der Waals surface area contributed by atoms with Crippen molar-refractivity contribution in [2.45, 2.75) is 0 Å². The molecule has 0 saturated heterocycles. The van der Waals surface area contributed by atoms with E-state index in [1.807, 2.05) is 31.3 Å². The van der Waals surface area contributed by atoms with Crippen molar-refractivity contribution in [3.05, 3.63) is 42.2 Å². The molecule has 2 aromatic rings. The molecule has 1 heterocycles. The van der Waals surface area contributed by atoms with E-state index in [4.69, 9.17) is 10.2 Å². The number of carbonyl (C=O) groups excluding carboxylic acids is 1. The first-order valence-electron chi connectivity index (χ1n) is 4.88. The Morgan fingerprint density at radius 2 is 1.88 bits per heavy atom. The lowest BCUT2D eigenvalue weighted by molar-refractivity contribution is 0.0974. The van der Waals surface area contributed by atoms with Crippen LogP contribution in [0.15, 0.2) is 40.8 Å². The van der Waals surface area contributed by atoms with Crippen molar-refractivity contribution in [2.75, 3.05) is 12.4 Å². The third-order valence-corrected chi connectivity index (χ3v) is 2.31. The highest BCUT2D eigenvalue weighted by Gasteiger charge is 2.08. The molecule has 16 heavy (non-hydrogen) atoms. The number of amides is 1. The maximum atomic E-state index is 10.9. The first kappa shape index (κ1) is 10.3. The summed E-state index contributed by atoms with van der Waals surface area (Å²) in [6.07, 6.45) is 0. The number of nitrogens with one attached hydrogen (secondary N) is 1. The second kappa shape index (κ2) is 4.10. The van der Waals surface area contributed by atoms with Crippen LogP contribution in [-0.4, -0.2) is 13.0 Å². The lowest BCUT2D eigenvalue weighted by Gasteiger charge is -2.00. The van der Waals surface area contributed by atoms with Gasteiger partial charge in [0.25, 0.3) is 5.91 Å². The van der Waals surface area contributed by atoms with Crippen molar-refractivity contribution in [3.8, 4) is 11.3 Å². The van der Waals surface area contributed by atoms with E-state index in [0.717, 1.165) is 11.3 Å². The Morgan fingerprint density at radius 1 is 1.19 bits per heavy atom. The number of furan rings is 1. The summed E-state index contributed by atoms with van der Waals surface area (Å²) in [5.74, 6) is 0.252. The fraction of sp³-hybridized carbons (Fsp3) is 0.0833. The molecular formula is C12H12N2O2. The van der Waals surface area contributed by atoms with E-state index in [9.17, 15) is 4.79 Å². The van der Waals surface area contributed by atoms with Gasteiger partial charge in [-0.3, -0.25) is 4.79 Å². The molecule has 0 radical (unpaired) electrons. The Balaban J connectivity index is 2.31. The smallest absolute Gasteiger partial charge is 0.284 e. The lowest BCUT2D eigenvalue weighted by Crippen LogP contribution is -2.09. The fourth-order valence-electron chi connectivity index (χ4n) is 1.43. The normalized spacial score (nSPS) is 10.1. The molecule has 0 bridgehead atoms. The molecule has 0 aliphatic heterocycles. The summed E-state index contributed by atoms with van der Waals surface area (Å²) in [4.78, 5) is 10.9. The van der Waals surface area contributed by atoms with Crippen molar-refractivity contribution in [2.24, 2.45) is 5.73 Å². The number of anilines is 1. The Bertz CT molecular complexity index is 500. The summed E-state index contributed by atoms with van der Waals surface area (Å²) in [6.45, 7) is 0. The van der Waals surface area contributed by atoms with Gasteiger partial charge in [0, 0.05) is 18.3 Å². The molecule has 0 saturated carbocycles. The minimum atomic E-state index is -0.557. The van der Waals surface area contributed by atoms with Crippen LogP contribution in [0.25, 0.3) is 11.3 Å². The molecule has 4 heteroatoms. The average molecular weight is 216 g/mol. The van der Waals surface area contributed by atoms with Gasteiger partial charge in [-0.05, 0) is 36.4 Å². The van der Waals surface area contributed by atoms with Gasteiger partial charge in [-0.2, -0.15) is 0 Å². The molecule has 0 fully saturated rings. The molecule has 1 aromatic carbocycles. The van der Waals surface area contributed by atoms with Gasteiger partial charge in [0.15, 0.2) is 5.76 Å². The van der Waals surface area contributed by atoms with Crippen molar-refractivity contribution in [3.63, 3.8) is 0 Å². The largest absolute Gasteiger partial charge is 0.451 e. The van der Waals surface area contributed by atoms with E-state index >= 15 is 0 Å². The molecule has 0 unspecified atom stereocenters. The molecule has 1 aromatic heterocycles. The Kier molecular flexibility index (Phi) is 2.64. The summed E-state index contributed by atoms with van der Waals surface area (Å²) < 4.78 is 5.31. The van der Waals surface area contributed by atoms with E-state index in [1.165, 1.54) is 0 Å². The Labute approximate surface area is 93.1 Å². The van der Waals surface area contributed by atoms with Gasteiger partial charge in [0.05, 0.1) is 0 Å². The van der Waals surface area contributed by atoms with Gasteiger partial charge in [0.1, 0.15) is 5.76 Å². The summed E-state index contributed by atoms with van der Waals surface area (Å²) in [6, 6.07) is 11.0. The fourth-order valence-corrected chi connectivity index (χ4v) is 1.43. The number of nitrogens with two attached hydrogens (primary N) is 1. The molecule has 0 spiro atoms. The van der Waals surface area contributed by atoms with Crippen LogP contribution in [0, 0.1) is 0 Å². The van der Waals surface area contributed by atoms with Crippen molar-refractivity contribution in [1.82, 2.24) is 0 Å². The predicted octanol–water partition coefficient (Wildman–Crippen LogP) is 2.09. The number of carbonyl (C=O) groups is 1. The highest BCUT2D eigenvalue weighted by atomic mass is 16.3. The number of primary amides is 1. The maximum Gasteiger partial charge on any atom is 0.284 e. The number of rotatable bonds is 3. The van der Waals surface area contributed by atoms with Crippen molar-refractivity contribution < 1.29 is 9.21 Å². The van der Waals surface area contributed by atoms with E-state index in [0.29, 0.717) is 5.76 Å². The quantitative estimate of drug-likeness (QED) is 0.825. The highest BCUT2D eigenvalue weighted by molar-refractivity contribution is 5.90. The number of hydrogen-bond acceptors (Lipinski definition) is 3. The van der Waals surface area contributed by atoms with Gasteiger partial charge in [-0.25, -0.2) is 0 Å². The maximum absolute atomic E-state index is 10.9. The van der Waals surface area contributed by atoms with Gasteiger partial charge in [-0.1, -0.05) is 0 Å². The average Bonchev–Trinajstić information content (AvgIpc) is 2.78. The van der Waals surface area contributed by atoms with Crippen molar-refractivity contribution in [1.29, 1.82) is 0 Å². The van der Waals surface area contributed by atoms with Crippen LogP contribution in [0.2, 0.25) is 0 Å². The third-order valence-electron chi connectivity index (χ3n) is 2.31. The summed E-state index contributed by atoms with van der Waals surface area (Å²) >= 11 is 0. The topological polar surface area (TPSA) is 68.3 Å². The van der Waals surface area contributed by atoms with Crippen LogP contribution < -0.4 is 11.1 Å². The van der Waals surface area contributed by atoms with Crippen LogP contribution in [0.3, 0.4) is 0 Å². The molecule has 0 aliphatic rings. The molecule has 82 valence electrons. The summed E-state index contributed by atoms with van der Waals surface area (Å²) in [7, 11) is 1.85. The zero-order chi connectivity index (χ0) is 11.5. The molecular weight excluding hydrogens is 204 g/mol. The summed E-state index contributed by atoms with van der Waals surface area (Å²) in [5, 5.41) is 3.02. The predicted molar refractivity (Wildman–Crippen MR) is 62.2 cm³/mol. The highest BCUT2D eigenvalue weighted by Crippen LogP contribution is 2.23. The first-order valence-corrected chi connectivity index (χ1v) is 4.88. The summed E-state index contributed by atoms with van der Waals surface area (Å²) in [5.41, 5.74) is 7.04. The van der Waals surface area contributed by atoms with Crippen LogP contribution in [0.5, 0.6) is 0 Å². The first-order chi connectivity index (χ1) is 7.70. The minimum absolute atomic E-state index is 0.174. The van der Waals surface area contributed by atoms with Crippen LogP contribution in [0.1, 0.15) is 10.6 Å². The molecule has 4 nitrogen and oxygen atoms in total. The van der Waals surface area contributed by atoms with E-state index < -0.39 is 5.91 Å². The lowest BCUT2D eigenvalue weighted by atomic mass is 10.1. The van der Waals surface area contributed by atoms with Crippen LogP contribution in [-0.2, 0) is 0 Å². The van der Waals surface area contributed by atoms with E-state index in [-0.39, 0.29) is 5.76 Å². The second-order valence-corrected chi connectivity index (χ2v) is 3.36. The number of benzene rings is 1. The second-order valence-electron chi connectivity index (χ2n) is 3.36. The van der Waals surface area contributed by atoms with Gasteiger partial charge < -0.3 is 15.5 Å². The third kappa shape index (κ3) is 1.91. The Morgan fingerprint density at radius 3 is 2.38 bits per heavy atom. The van der Waals surface area contributed by atoms with E-state index in [2.05, 4.69) is 5.32 Å². The molecule has 2 rings (SSSR count). The van der Waals surface area contributed by atoms with Gasteiger partial charge in [0.2, 0.25) is 0 Å². The zero-order valence-electron chi connectivity index (χ0n) is 8.86. The van der Waals surface area contributed by atoms with E-state index in [1.54, 1.807) is 12.1 Å². The molecule has 0 atom stereocenters. The zero-order valence-corrected chi connectivity index (χ0v) is 8.86. The molecule has 0 aliphatic carbocycles. The SMILES string of the molecule is CNc1ccc(-c2ccc(C(N)=O)o2)cc1. The molecule has 1 amide bonds. The van der Waals surface area contributed by atoms with Crippen molar-refractivity contribution >= 4 is 11.6 Å². The van der Waals surface area contributed by atoms with Gasteiger partial charge in [-0.15, -0.1) is 0 Å². The monoisotopic (exact) mass is 216 g/mol. The van der Waals surface area contributed by atoms with Crippen LogP contribution in [0.4, 0.5) is 5.69 Å².